The Morgan fingerprint density at radius 3 is 2.50 bits per heavy atom. The SMILES string of the molecule is O=C(O)c1cn(CC(F)(F)F)c2ccc(F)cc2c1=O. The Morgan fingerprint density at radius 1 is 1.30 bits per heavy atom. The molecule has 106 valence electrons. The summed E-state index contributed by atoms with van der Waals surface area (Å²) in [5, 5.41) is 8.42. The Labute approximate surface area is 108 Å². The molecule has 0 atom stereocenters. The summed E-state index contributed by atoms with van der Waals surface area (Å²) in [4.78, 5) is 22.7. The molecule has 0 aliphatic carbocycles. The van der Waals surface area contributed by atoms with Crippen molar-refractivity contribution in [3.63, 3.8) is 0 Å². The molecule has 1 aromatic heterocycles. The molecule has 2 aromatic rings. The number of rotatable bonds is 2. The van der Waals surface area contributed by atoms with Crippen molar-refractivity contribution >= 4 is 16.9 Å². The summed E-state index contributed by atoms with van der Waals surface area (Å²) in [5.74, 6) is -2.51. The molecule has 0 fully saturated rings. The summed E-state index contributed by atoms with van der Waals surface area (Å²) >= 11 is 0. The van der Waals surface area contributed by atoms with Crippen LogP contribution < -0.4 is 5.43 Å². The van der Waals surface area contributed by atoms with Gasteiger partial charge in [-0.3, -0.25) is 4.79 Å². The number of aromatic carboxylic acids is 1. The first-order valence-electron chi connectivity index (χ1n) is 5.32. The molecule has 1 N–H and O–H groups in total. The number of carbonyl (C=O) groups is 1. The number of halogens is 4. The highest BCUT2D eigenvalue weighted by molar-refractivity contribution is 5.92. The maximum atomic E-state index is 13.1. The maximum Gasteiger partial charge on any atom is 0.406 e. The average molecular weight is 289 g/mol. The van der Waals surface area contributed by atoms with Gasteiger partial charge in [-0.15, -0.1) is 0 Å². The molecule has 4 nitrogen and oxygen atoms in total. The van der Waals surface area contributed by atoms with Crippen molar-refractivity contribution in [2.75, 3.05) is 0 Å². The van der Waals surface area contributed by atoms with Crippen molar-refractivity contribution in [1.82, 2.24) is 4.57 Å². The fraction of sp³-hybridized carbons (Fsp3) is 0.167. The summed E-state index contributed by atoms with van der Waals surface area (Å²) < 4.78 is 51.1. The summed E-state index contributed by atoms with van der Waals surface area (Å²) in [6.07, 6.45) is -4.00. The van der Waals surface area contributed by atoms with Crippen LogP contribution in [0.4, 0.5) is 17.6 Å². The lowest BCUT2D eigenvalue weighted by molar-refractivity contribution is -0.140. The van der Waals surface area contributed by atoms with Crippen LogP contribution in [0, 0.1) is 5.82 Å². The van der Waals surface area contributed by atoms with Gasteiger partial charge in [0.2, 0.25) is 5.43 Å². The second kappa shape index (κ2) is 4.62. The van der Waals surface area contributed by atoms with E-state index in [0.717, 1.165) is 18.2 Å². The first-order chi connectivity index (χ1) is 9.19. The minimum atomic E-state index is -4.61. The van der Waals surface area contributed by atoms with Crippen LogP contribution in [0.15, 0.2) is 29.2 Å². The molecule has 2 rings (SSSR count). The minimum absolute atomic E-state index is 0.182. The van der Waals surface area contributed by atoms with E-state index in [-0.39, 0.29) is 5.52 Å². The van der Waals surface area contributed by atoms with Gasteiger partial charge >= 0.3 is 12.1 Å². The smallest absolute Gasteiger partial charge is 0.406 e. The van der Waals surface area contributed by atoms with Gasteiger partial charge in [-0.05, 0) is 18.2 Å². The van der Waals surface area contributed by atoms with Crippen LogP contribution in [0.25, 0.3) is 10.9 Å². The lowest BCUT2D eigenvalue weighted by atomic mass is 10.1. The van der Waals surface area contributed by atoms with Gasteiger partial charge in [-0.25, -0.2) is 9.18 Å². The molecule has 0 radical (unpaired) electrons. The van der Waals surface area contributed by atoms with Crippen molar-refractivity contribution in [1.29, 1.82) is 0 Å². The zero-order valence-electron chi connectivity index (χ0n) is 9.74. The van der Waals surface area contributed by atoms with Crippen molar-refractivity contribution in [3.05, 3.63) is 46.0 Å². The van der Waals surface area contributed by atoms with E-state index in [4.69, 9.17) is 5.11 Å². The molecule has 1 heterocycles. The molecule has 0 amide bonds. The first-order valence-corrected chi connectivity index (χ1v) is 5.32. The number of nitrogens with zero attached hydrogens (tertiary/aromatic N) is 1. The molecule has 20 heavy (non-hydrogen) atoms. The molecule has 0 bridgehead atoms. The number of pyridine rings is 1. The van der Waals surface area contributed by atoms with E-state index in [1.165, 1.54) is 0 Å². The molecule has 0 aliphatic heterocycles. The highest BCUT2D eigenvalue weighted by Gasteiger charge is 2.29. The lowest BCUT2D eigenvalue weighted by Gasteiger charge is -2.14. The van der Waals surface area contributed by atoms with Gasteiger partial charge in [0.05, 0.1) is 5.52 Å². The molecular formula is C12H7F4NO3. The Balaban J connectivity index is 2.83. The maximum absolute atomic E-state index is 13.1. The topological polar surface area (TPSA) is 59.3 Å². The number of hydrogen-bond donors (Lipinski definition) is 1. The van der Waals surface area contributed by atoms with Crippen LogP contribution >= 0.6 is 0 Å². The number of hydrogen-bond acceptors (Lipinski definition) is 2. The Bertz CT molecular complexity index is 749. The van der Waals surface area contributed by atoms with E-state index < -0.39 is 40.9 Å². The number of benzene rings is 1. The number of aromatic nitrogens is 1. The third-order valence-electron chi connectivity index (χ3n) is 2.62. The molecule has 0 aliphatic rings. The largest absolute Gasteiger partial charge is 0.477 e. The van der Waals surface area contributed by atoms with Gasteiger partial charge < -0.3 is 9.67 Å². The van der Waals surface area contributed by atoms with E-state index in [0.29, 0.717) is 10.8 Å². The molecule has 0 spiro atoms. The van der Waals surface area contributed by atoms with Crippen LogP contribution in [0.2, 0.25) is 0 Å². The predicted molar refractivity (Wildman–Crippen MR) is 61.2 cm³/mol. The van der Waals surface area contributed by atoms with Crippen LogP contribution in [-0.2, 0) is 6.54 Å². The molecule has 0 saturated carbocycles. The highest BCUT2D eigenvalue weighted by atomic mass is 19.4. The minimum Gasteiger partial charge on any atom is -0.477 e. The van der Waals surface area contributed by atoms with Crippen molar-refractivity contribution in [2.24, 2.45) is 0 Å². The van der Waals surface area contributed by atoms with E-state index in [2.05, 4.69) is 0 Å². The Hall–Kier alpha value is -2.38. The van der Waals surface area contributed by atoms with E-state index in [1.807, 2.05) is 0 Å². The van der Waals surface area contributed by atoms with Crippen LogP contribution in [-0.4, -0.2) is 21.8 Å². The third kappa shape index (κ3) is 2.63. The van der Waals surface area contributed by atoms with Gasteiger partial charge in [-0.2, -0.15) is 13.2 Å². The molecule has 0 unspecified atom stereocenters. The van der Waals surface area contributed by atoms with Gasteiger partial charge in [0.1, 0.15) is 17.9 Å². The summed E-state index contributed by atoms with van der Waals surface area (Å²) in [5.41, 5.74) is -2.04. The van der Waals surface area contributed by atoms with Crippen LogP contribution in [0.5, 0.6) is 0 Å². The van der Waals surface area contributed by atoms with Gasteiger partial charge in [0.15, 0.2) is 0 Å². The van der Waals surface area contributed by atoms with Crippen molar-refractivity contribution in [2.45, 2.75) is 12.7 Å². The van der Waals surface area contributed by atoms with E-state index in [1.54, 1.807) is 0 Å². The number of carboxylic acid groups (broad SMARTS) is 1. The quantitative estimate of drug-likeness (QED) is 0.864. The lowest BCUT2D eigenvalue weighted by Crippen LogP contribution is -2.24. The average Bonchev–Trinajstić information content (AvgIpc) is 2.30. The van der Waals surface area contributed by atoms with Crippen LogP contribution in [0.3, 0.4) is 0 Å². The second-order valence-corrected chi connectivity index (χ2v) is 4.08. The third-order valence-corrected chi connectivity index (χ3v) is 2.62. The monoisotopic (exact) mass is 289 g/mol. The van der Waals surface area contributed by atoms with Gasteiger partial charge in [-0.1, -0.05) is 0 Å². The molecule has 1 aromatic carbocycles. The Morgan fingerprint density at radius 2 is 1.95 bits per heavy atom. The summed E-state index contributed by atoms with van der Waals surface area (Å²) in [7, 11) is 0. The zero-order chi connectivity index (χ0) is 15.1. The normalized spacial score (nSPS) is 11.8. The highest BCUT2D eigenvalue weighted by Crippen LogP contribution is 2.21. The molecular weight excluding hydrogens is 282 g/mol. The second-order valence-electron chi connectivity index (χ2n) is 4.08. The Kier molecular flexibility index (Phi) is 3.24. The fourth-order valence-corrected chi connectivity index (χ4v) is 1.85. The number of alkyl halides is 3. The van der Waals surface area contributed by atoms with E-state index >= 15 is 0 Å². The predicted octanol–water partition coefficient (Wildman–Crippen LogP) is 2.40. The number of carboxylic acids is 1. The standard InChI is InChI=1S/C12H7F4NO3/c13-6-1-2-9-7(3-6)10(18)8(11(19)20)4-17(9)5-12(14,15)16/h1-4H,5H2,(H,19,20). The molecule has 0 saturated heterocycles. The summed E-state index contributed by atoms with van der Waals surface area (Å²) in [6.45, 7) is -1.48. The van der Waals surface area contributed by atoms with Gasteiger partial charge in [0.25, 0.3) is 0 Å². The van der Waals surface area contributed by atoms with Crippen LogP contribution in [0.1, 0.15) is 10.4 Å². The van der Waals surface area contributed by atoms with E-state index in [9.17, 15) is 27.2 Å². The summed E-state index contributed by atoms with van der Waals surface area (Å²) in [6, 6.07) is 2.62. The number of fused-ring (bicyclic) bond motifs is 1. The fourth-order valence-electron chi connectivity index (χ4n) is 1.85. The van der Waals surface area contributed by atoms with Crippen molar-refractivity contribution < 1.29 is 27.5 Å². The zero-order valence-corrected chi connectivity index (χ0v) is 9.74. The van der Waals surface area contributed by atoms with Crippen molar-refractivity contribution in [3.8, 4) is 0 Å². The first kappa shape index (κ1) is 14.0. The molecule has 8 heteroatoms. The van der Waals surface area contributed by atoms with Gasteiger partial charge in [0, 0.05) is 11.6 Å².